The minimum Gasteiger partial charge on any atom is -0.457 e. The number of ether oxygens (including phenoxy) is 1. The van der Waals surface area contributed by atoms with E-state index in [-0.39, 0.29) is 17.3 Å². The number of fused-ring (bicyclic) bond motifs is 10. The zero-order chi connectivity index (χ0) is 34.3. The molecular weight excluding hydrogens is 643 g/mol. The molecule has 1 aliphatic heterocycles. The third-order valence-corrected chi connectivity index (χ3v) is 12.7. The van der Waals surface area contributed by atoms with Crippen molar-refractivity contribution in [3.05, 3.63) is 179 Å². The van der Waals surface area contributed by atoms with E-state index in [2.05, 4.69) is 141 Å². The molecule has 4 heterocycles. The van der Waals surface area contributed by atoms with Gasteiger partial charge in [0.15, 0.2) is 5.82 Å². The van der Waals surface area contributed by atoms with Crippen molar-refractivity contribution in [3.8, 4) is 11.4 Å². The number of thiophene rings is 1. The maximum absolute atomic E-state index is 6.90. The summed E-state index contributed by atoms with van der Waals surface area (Å²) in [5.74, 6) is 2.87. The zero-order valence-electron chi connectivity index (χ0n) is 28.9. The van der Waals surface area contributed by atoms with Crippen LogP contribution in [0.3, 0.4) is 0 Å². The van der Waals surface area contributed by atoms with Crippen molar-refractivity contribution >= 4 is 37.2 Å². The fraction of sp³-hybridized carbons (Fsp3) is 0.196. The average Bonchev–Trinajstić information content (AvgIpc) is 3.69. The van der Waals surface area contributed by atoms with Gasteiger partial charge in [0.25, 0.3) is 0 Å². The molecule has 0 saturated heterocycles. The van der Waals surface area contributed by atoms with Crippen LogP contribution < -0.4 is 0 Å². The van der Waals surface area contributed by atoms with Gasteiger partial charge in [-0.15, -0.1) is 11.3 Å². The van der Waals surface area contributed by atoms with E-state index in [9.17, 15) is 0 Å². The molecule has 4 atom stereocenters. The molecule has 0 bridgehead atoms. The van der Waals surface area contributed by atoms with Crippen molar-refractivity contribution in [2.75, 3.05) is 0 Å². The summed E-state index contributed by atoms with van der Waals surface area (Å²) in [7, 11) is 0. The van der Waals surface area contributed by atoms with Crippen molar-refractivity contribution in [2.24, 2.45) is 11.3 Å². The van der Waals surface area contributed by atoms with Gasteiger partial charge in [0.2, 0.25) is 0 Å². The third-order valence-electron chi connectivity index (χ3n) is 11.5. The molecule has 10 rings (SSSR count). The summed E-state index contributed by atoms with van der Waals surface area (Å²) in [4.78, 5) is 15.1. The summed E-state index contributed by atoms with van der Waals surface area (Å²) in [6, 6.07) is 21.7. The van der Waals surface area contributed by atoms with E-state index in [1.807, 2.05) is 23.6 Å². The van der Waals surface area contributed by atoms with Crippen LogP contribution in [-0.4, -0.2) is 15.0 Å². The maximum atomic E-state index is 6.90. The molecule has 4 aliphatic carbocycles. The molecule has 3 aromatic heterocycles. The molecule has 0 fully saturated rings. The molecule has 0 saturated carbocycles. The highest BCUT2D eigenvalue weighted by Crippen LogP contribution is 2.65. The van der Waals surface area contributed by atoms with Crippen LogP contribution in [0.5, 0.6) is 0 Å². The van der Waals surface area contributed by atoms with Crippen LogP contribution >= 0.6 is 11.3 Å². The van der Waals surface area contributed by atoms with Crippen molar-refractivity contribution in [1.82, 2.24) is 15.0 Å². The van der Waals surface area contributed by atoms with Crippen LogP contribution in [-0.2, 0) is 10.2 Å². The van der Waals surface area contributed by atoms with Crippen LogP contribution in [0.15, 0.2) is 162 Å². The molecule has 51 heavy (non-hydrogen) atoms. The van der Waals surface area contributed by atoms with E-state index in [4.69, 9.17) is 14.7 Å². The first-order valence-electron chi connectivity index (χ1n) is 18.0. The third kappa shape index (κ3) is 4.28. The fourth-order valence-corrected chi connectivity index (χ4v) is 10.3. The van der Waals surface area contributed by atoms with Gasteiger partial charge in [0.1, 0.15) is 11.5 Å². The highest BCUT2D eigenvalue weighted by atomic mass is 32.1. The van der Waals surface area contributed by atoms with E-state index >= 15 is 0 Å². The fourth-order valence-electron chi connectivity index (χ4n) is 9.11. The first-order valence-corrected chi connectivity index (χ1v) is 18.8. The highest BCUT2D eigenvalue weighted by molar-refractivity contribution is 7.25. The van der Waals surface area contributed by atoms with Crippen molar-refractivity contribution in [2.45, 2.75) is 44.9 Å². The van der Waals surface area contributed by atoms with Gasteiger partial charge in [-0.2, -0.15) is 0 Å². The van der Waals surface area contributed by atoms with Crippen molar-refractivity contribution in [3.63, 3.8) is 0 Å². The molecule has 248 valence electrons. The summed E-state index contributed by atoms with van der Waals surface area (Å²) in [5.41, 5.74) is 10.1. The monoisotopic (exact) mass is 679 g/mol. The van der Waals surface area contributed by atoms with Gasteiger partial charge in [0, 0.05) is 50.9 Å². The molecule has 2 aromatic carbocycles. The summed E-state index contributed by atoms with van der Waals surface area (Å²) >= 11 is 1.81. The topological polar surface area (TPSA) is 47.9 Å². The molecule has 1 spiro atoms. The van der Waals surface area contributed by atoms with Gasteiger partial charge in [-0.3, -0.25) is 4.98 Å². The number of hydrogen-bond acceptors (Lipinski definition) is 5. The lowest BCUT2D eigenvalue weighted by atomic mass is 9.59. The van der Waals surface area contributed by atoms with Crippen LogP contribution in [0, 0.1) is 11.3 Å². The van der Waals surface area contributed by atoms with Gasteiger partial charge in [-0.1, -0.05) is 105 Å². The number of benzene rings is 2. The Hall–Kier alpha value is -5.39. The largest absolute Gasteiger partial charge is 0.457 e. The number of nitrogens with zero attached hydrogens (tertiary/aromatic N) is 3. The van der Waals surface area contributed by atoms with Crippen molar-refractivity contribution < 1.29 is 4.74 Å². The summed E-state index contributed by atoms with van der Waals surface area (Å²) in [6.45, 7) is 6.82. The van der Waals surface area contributed by atoms with Crippen LogP contribution in [0.4, 0.5) is 0 Å². The van der Waals surface area contributed by atoms with E-state index < -0.39 is 5.41 Å². The van der Waals surface area contributed by atoms with Crippen LogP contribution in [0.2, 0.25) is 0 Å². The summed E-state index contributed by atoms with van der Waals surface area (Å²) in [5, 5.41) is 1.17. The first kappa shape index (κ1) is 30.4. The summed E-state index contributed by atoms with van der Waals surface area (Å²) in [6.07, 6.45) is 28.6. The van der Waals surface area contributed by atoms with Crippen LogP contribution in [0.25, 0.3) is 37.3 Å². The Bertz CT molecular complexity index is 2560. The van der Waals surface area contributed by atoms with E-state index in [1.54, 1.807) is 6.20 Å². The lowest BCUT2D eigenvalue weighted by Gasteiger charge is -2.47. The lowest BCUT2D eigenvalue weighted by Crippen LogP contribution is -2.40. The molecule has 0 N–H and O–H groups in total. The normalized spacial score (nSPS) is 26.0. The molecule has 5 aromatic rings. The molecule has 0 amide bonds. The number of hydrogen-bond donors (Lipinski definition) is 0. The molecule has 5 heteroatoms. The van der Waals surface area contributed by atoms with Gasteiger partial charge < -0.3 is 4.74 Å². The predicted molar refractivity (Wildman–Crippen MR) is 209 cm³/mol. The lowest BCUT2D eigenvalue weighted by molar-refractivity contribution is 0.273. The van der Waals surface area contributed by atoms with Gasteiger partial charge in [-0.05, 0) is 78.0 Å². The molecule has 0 radical (unpaired) electrons. The van der Waals surface area contributed by atoms with E-state index in [1.165, 1.54) is 43.5 Å². The first-order chi connectivity index (χ1) is 25.0. The Morgan fingerprint density at radius 3 is 2.78 bits per heavy atom. The number of pyridine rings is 1. The highest BCUT2D eigenvalue weighted by Gasteiger charge is 2.56. The Balaban J connectivity index is 1.28. The Labute approximate surface area is 302 Å². The average molecular weight is 680 g/mol. The van der Waals surface area contributed by atoms with Gasteiger partial charge >= 0.3 is 0 Å². The van der Waals surface area contributed by atoms with E-state index in [0.717, 1.165) is 51.7 Å². The number of aromatic nitrogens is 3. The Morgan fingerprint density at radius 1 is 1.02 bits per heavy atom. The predicted octanol–water partition coefficient (Wildman–Crippen LogP) is 11.5. The van der Waals surface area contributed by atoms with E-state index in [0.29, 0.717) is 0 Å². The second-order valence-corrected chi connectivity index (χ2v) is 15.4. The number of allylic oxidation sites excluding steroid dienone is 14. The Kier molecular flexibility index (Phi) is 6.75. The molecule has 5 aliphatic rings. The quantitative estimate of drug-likeness (QED) is 0.190. The smallest absolute Gasteiger partial charge is 0.161 e. The number of rotatable bonds is 4. The molecule has 3 unspecified atom stereocenters. The zero-order valence-corrected chi connectivity index (χ0v) is 29.7. The minimum absolute atomic E-state index is 0.0299. The molecule has 4 nitrogen and oxygen atoms in total. The minimum atomic E-state index is -0.514. The Morgan fingerprint density at radius 2 is 1.90 bits per heavy atom. The van der Waals surface area contributed by atoms with Crippen molar-refractivity contribution in [1.29, 1.82) is 0 Å². The summed E-state index contributed by atoms with van der Waals surface area (Å²) < 4.78 is 9.29. The second kappa shape index (κ2) is 11.3. The second-order valence-electron chi connectivity index (χ2n) is 14.4. The van der Waals surface area contributed by atoms with Crippen LogP contribution in [0.1, 0.15) is 56.4 Å². The maximum Gasteiger partial charge on any atom is 0.161 e. The SMILES string of the molecule is CC/C=C\C1=C(C)C2(C3=C[C@@]4(C)C=CC=CC4C=C3O1)C1=C(c3ccccc32)C(c2nc(-c3cccnc3)nc3c2sc2ccccc23)CC=C1. The van der Waals surface area contributed by atoms with Gasteiger partial charge in [-0.25, -0.2) is 9.97 Å². The molecular formula is C46H37N3OS. The van der Waals surface area contributed by atoms with Gasteiger partial charge in [0.05, 0.1) is 21.3 Å². The standard InChI is InChI=1S/C46H37N3OS/c1-4-5-21-37-28(2)46(36-26-45(3)23-11-10-15-30(45)25-38(36)50-37)34-19-8-6-16-31(34)40-33(18-12-20-35(40)46)42-43-41(32-17-7-9-22-39(32)51-43)48-44(49-42)29-14-13-24-47-27-29/h5-17,19-27,30,33H,4,18H2,1-3H3/b21-5-/t30?,33?,45-,46?/m1/s1.